The summed E-state index contributed by atoms with van der Waals surface area (Å²) in [5.74, 6) is 0.884. The van der Waals surface area contributed by atoms with E-state index in [1.807, 2.05) is 40.2 Å². The molecule has 1 aliphatic heterocycles. The largest absolute Gasteiger partial charge is 0.496 e. The van der Waals surface area contributed by atoms with E-state index in [2.05, 4.69) is 26.5 Å². The lowest BCUT2D eigenvalue weighted by molar-refractivity contribution is -0.132. The number of pyridine rings is 1. The molecule has 0 bridgehead atoms. The van der Waals surface area contributed by atoms with Crippen molar-refractivity contribution in [1.82, 2.24) is 25.3 Å². The zero-order valence-electron chi connectivity index (χ0n) is 16.0. The molecule has 0 aliphatic carbocycles. The molecule has 1 saturated heterocycles. The molecule has 3 heterocycles. The minimum atomic E-state index is -0.257. The quantitative estimate of drug-likeness (QED) is 0.851. The van der Waals surface area contributed by atoms with Gasteiger partial charge in [0.2, 0.25) is 5.91 Å². The fourth-order valence-corrected chi connectivity index (χ4v) is 3.55. The van der Waals surface area contributed by atoms with Gasteiger partial charge in [-0.15, -0.1) is 0 Å². The molecule has 7 heteroatoms. The molecule has 3 rings (SSSR count). The van der Waals surface area contributed by atoms with Crippen LogP contribution >= 0.6 is 0 Å². The van der Waals surface area contributed by atoms with Gasteiger partial charge in [-0.2, -0.15) is 0 Å². The van der Waals surface area contributed by atoms with E-state index in [4.69, 9.17) is 4.74 Å². The molecule has 2 unspecified atom stereocenters. The number of likely N-dealkylation sites (N-methyl/N-ethyl adjacent to an activating group) is 1. The summed E-state index contributed by atoms with van der Waals surface area (Å²) in [7, 11) is 5.48. The number of amides is 1. The second-order valence-electron chi connectivity index (χ2n) is 6.91. The predicted octanol–water partition coefficient (Wildman–Crippen LogP) is 1.61. The fraction of sp³-hybridized carbons (Fsp3) is 0.474. The van der Waals surface area contributed by atoms with Crippen LogP contribution in [0.1, 0.15) is 35.0 Å². The number of nitrogens with zero attached hydrogens (tertiary/aromatic N) is 3. The van der Waals surface area contributed by atoms with E-state index in [0.717, 1.165) is 28.3 Å². The number of rotatable bonds is 5. The van der Waals surface area contributed by atoms with E-state index in [0.29, 0.717) is 13.0 Å². The van der Waals surface area contributed by atoms with Crippen LogP contribution in [0.25, 0.3) is 0 Å². The molecular weight excluding hydrogens is 330 g/mol. The van der Waals surface area contributed by atoms with Crippen molar-refractivity contribution in [2.75, 3.05) is 14.2 Å². The highest BCUT2D eigenvalue weighted by Crippen LogP contribution is 2.26. The van der Waals surface area contributed by atoms with Crippen LogP contribution in [0.4, 0.5) is 0 Å². The lowest BCUT2D eigenvalue weighted by atomic mass is 10.1. The summed E-state index contributed by atoms with van der Waals surface area (Å²) in [6.45, 7) is 4.40. The first-order valence-corrected chi connectivity index (χ1v) is 8.78. The van der Waals surface area contributed by atoms with Crippen molar-refractivity contribution in [2.24, 2.45) is 7.05 Å². The Kier molecular flexibility index (Phi) is 5.29. The lowest BCUT2D eigenvalue weighted by Crippen LogP contribution is -2.43. The Hall–Kier alpha value is -2.38. The highest BCUT2D eigenvalue weighted by molar-refractivity contribution is 5.82. The molecule has 1 fully saturated rings. The average molecular weight is 357 g/mol. The monoisotopic (exact) mass is 357 g/mol. The van der Waals surface area contributed by atoms with Crippen molar-refractivity contribution < 1.29 is 9.53 Å². The third-order valence-corrected chi connectivity index (χ3v) is 5.06. The summed E-state index contributed by atoms with van der Waals surface area (Å²) in [6, 6.07) is 3.95. The molecule has 26 heavy (non-hydrogen) atoms. The number of hydrazine groups is 1. The number of nitrogens with one attached hydrogen (secondary N) is 2. The SMILES string of the molecule is COc1c(C)cnc(CN(C)C(=O)C2CC(c3cccn3C)NN2)c1C. The van der Waals surface area contributed by atoms with Gasteiger partial charge < -0.3 is 14.2 Å². The molecule has 1 aliphatic rings. The van der Waals surface area contributed by atoms with Crippen LogP contribution in [0.15, 0.2) is 24.5 Å². The summed E-state index contributed by atoms with van der Waals surface area (Å²) >= 11 is 0. The maximum absolute atomic E-state index is 12.8. The summed E-state index contributed by atoms with van der Waals surface area (Å²) in [5, 5.41) is 0. The van der Waals surface area contributed by atoms with E-state index in [1.165, 1.54) is 0 Å². The Balaban J connectivity index is 1.67. The molecule has 2 atom stereocenters. The molecule has 7 nitrogen and oxygen atoms in total. The van der Waals surface area contributed by atoms with Gasteiger partial charge >= 0.3 is 0 Å². The first-order chi connectivity index (χ1) is 12.4. The average Bonchev–Trinajstić information content (AvgIpc) is 3.25. The topological polar surface area (TPSA) is 71.4 Å². The highest BCUT2D eigenvalue weighted by Gasteiger charge is 2.33. The van der Waals surface area contributed by atoms with E-state index in [9.17, 15) is 4.79 Å². The number of carbonyl (C=O) groups excluding carboxylic acids is 1. The lowest BCUT2D eigenvalue weighted by Gasteiger charge is -2.22. The number of ether oxygens (including phenoxy) is 1. The summed E-state index contributed by atoms with van der Waals surface area (Å²) in [5.41, 5.74) is 10.4. The minimum absolute atomic E-state index is 0.0509. The van der Waals surface area contributed by atoms with Gasteiger partial charge in [-0.05, 0) is 32.4 Å². The van der Waals surface area contributed by atoms with Gasteiger partial charge in [-0.25, -0.2) is 10.9 Å². The summed E-state index contributed by atoms with van der Waals surface area (Å²) in [6.07, 6.45) is 4.52. The molecule has 0 radical (unpaired) electrons. The summed E-state index contributed by atoms with van der Waals surface area (Å²) in [4.78, 5) is 19.0. The Morgan fingerprint density at radius 3 is 2.85 bits per heavy atom. The van der Waals surface area contributed by atoms with Crippen molar-refractivity contribution in [1.29, 1.82) is 0 Å². The molecular formula is C19H27N5O2. The third-order valence-electron chi connectivity index (χ3n) is 5.06. The molecule has 140 valence electrons. The maximum Gasteiger partial charge on any atom is 0.241 e. The zero-order chi connectivity index (χ0) is 18.8. The van der Waals surface area contributed by atoms with Gasteiger partial charge in [0, 0.05) is 43.3 Å². The highest BCUT2D eigenvalue weighted by atomic mass is 16.5. The second kappa shape index (κ2) is 7.47. The van der Waals surface area contributed by atoms with Gasteiger partial charge in [-0.1, -0.05) is 0 Å². The molecule has 0 spiro atoms. The molecule has 2 N–H and O–H groups in total. The Morgan fingerprint density at radius 1 is 1.42 bits per heavy atom. The van der Waals surface area contributed by atoms with Crippen LogP contribution in [0.2, 0.25) is 0 Å². The molecule has 1 amide bonds. The standard InChI is InChI=1S/C19H27N5O2/c1-12-10-20-16(13(2)18(12)26-5)11-24(4)19(25)15-9-14(21-22-15)17-7-6-8-23(17)3/h6-8,10,14-15,21-22H,9,11H2,1-5H3. The van der Waals surface area contributed by atoms with Crippen LogP contribution in [-0.2, 0) is 18.4 Å². The maximum atomic E-state index is 12.8. The van der Waals surface area contributed by atoms with Gasteiger partial charge in [0.25, 0.3) is 0 Å². The van der Waals surface area contributed by atoms with Crippen molar-refractivity contribution >= 4 is 5.91 Å². The number of carbonyl (C=O) groups is 1. The number of aromatic nitrogens is 2. The van der Waals surface area contributed by atoms with Crippen molar-refractivity contribution in [3.8, 4) is 5.75 Å². The first kappa shape index (κ1) is 18.4. The summed E-state index contributed by atoms with van der Waals surface area (Å²) < 4.78 is 7.53. The van der Waals surface area contributed by atoms with Gasteiger partial charge in [0.15, 0.2) is 0 Å². The van der Waals surface area contributed by atoms with E-state index < -0.39 is 0 Å². The predicted molar refractivity (Wildman–Crippen MR) is 99.6 cm³/mol. The number of hydrogen-bond acceptors (Lipinski definition) is 5. The molecule has 0 saturated carbocycles. The second-order valence-corrected chi connectivity index (χ2v) is 6.91. The Bertz CT molecular complexity index is 801. The minimum Gasteiger partial charge on any atom is -0.496 e. The van der Waals surface area contributed by atoms with Gasteiger partial charge in [-0.3, -0.25) is 9.78 Å². The molecule has 2 aromatic heterocycles. The number of aryl methyl sites for hydroxylation is 2. The van der Waals surface area contributed by atoms with E-state index in [-0.39, 0.29) is 18.0 Å². The zero-order valence-corrected chi connectivity index (χ0v) is 16.0. The smallest absolute Gasteiger partial charge is 0.241 e. The Morgan fingerprint density at radius 2 is 2.19 bits per heavy atom. The molecule has 2 aromatic rings. The van der Waals surface area contributed by atoms with Crippen LogP contribution in [-0.4, -0.2) is 40.6 Å². The Labute approximate surface area is 154 Å². The normalized spacial score (nSPS) is 19.6. The van der Waals surface area contributed by atoms with Crippen LogP contribution in [0.3, 0.4) is 0 Å². The first-order valence-electron chi connectivity index (χ1n) is 8.78. The van der Waals surface area contributed by atoms with E-state index in [1.54, 1.807) is 18.2 Å². The van der Waals surface area contributed by atoms with Crippen LogP contribution in [0, 0.1) is 13.8 Å². The van der Waals surface area contributed by atoms with Crippen LogP contribution < -0.4 is 15.6 Å². The van der Waals surface area contributed by atoms with Gasteiger partial charge in [0.1, 0.15) is 11.8 Å². The van der Waals surface area contributed by atoms with E-state index >= 15 is 0 Å². The van der Waals surface area contributed by atoms with Crippen molar-refractivity contribution in [3.05, 3.63) is 47.0 Å². The third kappa shape index (κ3) is 3.45. The van der Waals surface area contributed by atoms with Crippen LogP contribution in [0.5, 0.6) is 5.75 Å². The van der Waals surface area contributed by atoms with Gasteiger partial charge in [0.05, 0.1) is 25.4 Å². The van der Waals surface area contributed by atoms with Crippen molar-refractivity contribution in [2.45, 2.75) is 38.9 Å². The van der Waals surface area contributed by atoms with Crippen molar-refractivity contribution in [3.63, 3.8) is 0 Å². The molecule has 0 aromatic carbocycles. The number of hydrogen-bond donors (Lipinski definition) is 2. The fourth-order valence-electron chi connectivity index (χ4n) is 3.55. The number of methoxy groups -OCH3 is 1.